The van der Waals surface area contributed by atoms with Crippen LogP contribution in [0.25, 0.3) is 0 Å². The first kappa shape index (κ1) is 15.5. The summed E-state index contributed by atoms with van der Waals surface area (Å²) in [6.07, 6.45) is 0. The van der Waals surface area contributed by atoms with Crippen molar-refractivity contribution in [2.75, 3.05) is 14.2 Å². The Labute approximate surface area is 136 Å². The molecule has 0 radical (unpaired) electrons. The molecule has 0 heterocycles. The van der Waals surface area contributed by atoms with E-state index in [-0.39, 0.29) is 4.83 Å². The third-order valence-electron chi connectivity index (χ3n) is 2.94. The number of ether oxygens (including phenoxy) is 2. The molecule has 0 aliphatic heterocycles. The minimum absolute atomic E-state index is 0.116. The van der Waals surface area contributed by atoms with E-state index in [4.69, 9.17) is 32.7 Å². The van der Waals surface area contributed by atoms with Gasteiger partial charge in [-0.25, -0.2) is 0 Å². The zero-order chi connectivity index (χ0) is 14.7. The molecule has 0 aliphatic carbocycles. The quantitative estimate of drug-likeness (QED) is 0.657. The molecule has 0 N–H and O–H groups in total. The summed E-state index contributed by atoms with van der Waals surface area (Å²) in [6.45, 7) is 0. The third kappa shape index (κ3) is 3.22. The number of benzene rings is 2. The van der Waals surface area contributed by atoms with Crippen LogP contribution >= 0.6 is 39.1 Å². The van der Waals surface area contributed by atoms with Crippen molar-refractivity contribution in [3.63, 3.8) is 0 Å². The first-order chi connectivity index (χ1) is 9.56. The van der Waals surface area contributed by atoms with Crippen LogP contribution in [0.15, 0.2) is 36.4 Å². The molecule has 0 aromatic heterocycles. The molecule has 0 amide bonds. The predicted octanol–water partition coefficient (Wildman–Crippen LogP) is 5.49. The van der Waals surface area contributed by atoms with Gasteiger partial charge in [-0.3, -0.25) is 0 Å². The molecular formula is C15H13BrCl2O2. The first-order valence-electron chi connectivity index (χ1n) is 5.87. The Balaban J connectivity index is 2.47. The van der Waals surface area contributed by atoms with E-state index in [0.717, 1.165) is 22.6 Å². The summed E-state index contributed by atoms with van der Waals surface area (Å²) in [5, 5.41) is 1.29. The second kappa shape index (κ2) is 6.70. The molecule has 2 aromatic rings. The summed E-state index contributed by atoms with van der Waals surface area (Å²) < 4.78 is 10.6. The van der Waals surface area contributed by atoms with Gasteiger partial charge in [-0.2, -0.15) is 0 Å². The highest BCUT2D eigenvalue weighted by molar-refractivity contribution is 9.09. The van der Waals surface area contributed by atoms with E-state index in [1.54, 1.807) is 26.4 Å². The molecule has 2 nitrogen and oxygen atoms in total. The number of alkyl halides is 1. The van der Waals surface area contributed by atoms with Crippen molar-refractivity contribution in [3.05, 3.63) is 57.6 Å². The predicted molar refractivity (Wildman–Crippen MR) is 86.8 cm³/mol. The van der Waals surface area contributed by atoms with Gasteiger partial charge in [-0.15, -0.1) is 0 Å². The Kier molecular flexibility index (Phi) is 5.19. The van der Waals surface area contributed by atoms with Crippen molar-refractivity contribution < 1.29 is 9.47 Å². The fourth-order valence-electron chi connectivity index (χ4n) is 1.90. The Morgan fingerprint density at radius 2 is 1.70 bits per heavy atom. The number of halogens is 3. The largest absolute Gasteiger partial charge is 0.497 e. The molecule has 0 saturated heterocycles. The molecular weight excluding hydrogens is 363 g/mol. The number of hydrogen-bond donors (Lipinski definition) is 0. The zero-order valence-electron chi connectivity index (χ0n) is 11.0. The fourth-order valence-corrected chi connectivity index (χ4v) is 3.20. The van der Waals surface area contributed by atoms with Gasteiger partial charge in [0.25, 0.3) is 0 Å². The van der Waals surface area contributed by atoms with Gasteiger partial charge in [0.05, 0.1) is 19.0 Å². The van der Waals surface area contributed by atoms with E-state index < -0.39 is 0 Å². The maximum Gasteiger partial charge on any atom is 0.127 e. The summed E-state index contributed by atoms with van der Waals surface area (Å²) >= 11 is 15.9. The smallest absolute Gasteiger partial charge is 0.127 e. The number of rotatable bonds is 4. The summed E-state index contributed by atoms with van der Waals surface area (Å²) in [5.74, 6) is 1.46. The van der Waals surface area contributed by atoms with Crippen LogP contribution in [0.4, 0.5) is 0 Å². The SMILES string of the molecule is COc1ccc(C(Br)c2cc(Cl)ccc2Cl)c(OC)c1. The molecule has 5 heteroatoms. The molecule has 0 fully saturated rings. The minimum atomic E-state index is -0.116. The van der Waals surface area contributed by atoms with Crippen LogP contribution in [0, 0.1) is 0 Å². The first-order valence-corrected chi connectivity index (χ1v) is 7.55. The highest BCUT2D eigenvalue weighted by Gasteiger charge is 2.18. The summed E-state index contributed by atoms with van der Waals surface area (Å²) in [5.41, 5.74) is 1.85. The molecule has 1 unspecified atom stereocenters. The lowest BCUT2D eigenvalue weighted by molar-refractivity contribution is 0.391. The topological polar surface area (TPSA) is 18.5 Å². The number of methoxy groups -OCH3 is 2. The summed E-state index contributed by atoms with van der Waals surface area (Å²) in [4.78, 5) is -0.116. The highest BCUT2D eigenvalue weighted by Crippen LogP contribution is 2.41. The van der Waals surface area contributed by atoms with E-state index in [2.05, 4.69) is 15.9 Å². The van der Waals surface area contributed by atoms with Gasteiger partial charge < -0.3 is 9.47 Å². The number of hydrogen-bond acceptors (Lipinski definition) is 2. The average Bonchev–Trinajstić information content (AvgIpc) is 2.48. The van der Waals surface area contributed by atoms with Crippen LogP contribution in [0.3, 0.4) is 0 Å². The normalized spacial score (nSPS) is 12.1. The molecule has 0 bridgehead atoms. The Bertz CT molecular complexity index is 617. The maximum absolute atomic E-state index is 6.24. The average molecular weight is 376 g/mol. The molecule has 2 rings (SSSR count). The molecule has 106 valence electrons. The Hall–Kier alpha value is -0.900. The van der Waals surface area contributed by atoms with Crippen LogP contribution in [0.1, 0.15) is 16.0 Å². The van der Waals surface area contributed by atoms with E-state index >= 15 is 0 Å². The van der Waals surface area contributed by atoms with Gasteiger partial charge in [0.2, 0.25) is 0 Å². The minimum Gasteiger partial charge on any atom is -0.497 e. The van der Waals surface area contributed by atoms with E-state index in [1.165, 1.54) is 0 Å². The van der Waals surface area contributed by atoms with Crippen LogP contribution in [-0.4, -0.2) is 14.2 Å². The lowest BCUT2D eigenvalue weighted by Gasteiger charge is -2.17. The molecule has 0 saturated carbocycles. The van der Waals surface area contributed by atoms with Crippen molar-refractivity contribution in [1.82, 2.24) is 0 Å². The maximum atomic E-state index is 6.24. The van der Waals surface area contributed by atoms with Crippen molar-refractivity contribution in [1.29, 1.82) is 0 Å². The lowest BCUT2D eigenvalue weighted by Crippen LogP contribution is -1.98. The van der Waals surface area contributed by atoms with Crippen LogP contribution < -0.4 is 9.47 Å². The van der Waals surface area contributed by atoms with E-state index in [9.17, 15) is 0 Å². The highest BCUT2D eigenvalue weighted by atomic mass is 79.9. The van der Waals surface area contributed by atoms with Crippen molar-refractivity contribution >= 4 is 39.1 Å². The third-order valence-corrected chi connectivity index (χ3v) is 4.51. The second-order valence-corrected chi connectivity index (χ2v) is 5.90. The van der Waals surface area contributed by atoms with Gasteiger partial charge in [-0.1, -0.05) is 45.2 Å². The molecule has 1 atom stereocenters. The molecule has 20 heavy (non-hydrogen) atoms. The lowest BCUT2D eigenvalue weighted by atomic mass is 10.0. The van der Waals surface area contributed by atoms with Gasteiger partial charge in [0.1, 0.15) is 11.5 Å². The second-order valence-electron chi connectivity index (χ2n) is 4.14. The molecule has 0 spiro atoms. The molecule has 2 aromatic carbocycles. The Morgan fingerprint density at radius 3 is 2.35 bits per heavy atom. The monoisotopic (exact) mass is 374 g/mol. The standard InChI is InChI=1S/C15H13BrCl2O2/c1-19-10-4-5-11(14(8-10)20-2)15(16)12-7-9(17)3-6-13(12)18/h3-8,15H,1-2H3. The van der Waals surface area contributed by atoms with Crippen LogP contribution in [0.5, 0.6) is 11.5 Å². The van der Waals surface area contributed by atoms with Crippen molar-refractivity contribution in [3.8, 4) is 11.5 Å². The summed E-state index contributed by atoms with van der Waals surface area (Å²) in [6, 6.07) is 11.0. The van der Waals surface area contributed by atoms with Crippen molar-refractivity contribution in [2.24, 2.45) is 0 Å². The van der Waals surface area contributed by atoms with E-state index in [1.807, 2.05) is 24.3 Å². The van der Waals surface area contributed by atoms with E-state index in [0.29, 0.717) is 10.0 Å². The fraction of sp³-hybridized carbons (Fsp3) is 0.200. The van der Waals surface area contributed by atoms with Crippen LogP contribution in [0.2, 0.25) is 10.0 Å². The Morgan fingerprint density at radius 1 is 0.950 bits per heavy atom. The van der Waals surface area contributed by atoms with Gasteiger partial charge in [0.15, 0.2) is 0 Å². The van der Waals surface area contributed by atoms with Crippen molar-refractivity contribution in [2.45, 2.75) is 4.83 Å². The van der Waals surface area contributed by atoms with Gasteiger partial charge in [-0.05, 0) is 29.8 Å². The van der Waals surface area contributed by atoms with Gasteiger partial charge in [0, 0.05) is 21.7 Å². The summed E-state index contributed by atoms with van der Waals surface area (Å²) in [7, 11) is 3.24. The van der Waals surface area contributed by atoms with Crippen LogP contribution in [-0.2, 0) is 0 Å². The zero-order valence-corrected chi connectivity index (χ0v) is 14.1. The van der Waals surface area contributed by atoms with Gasteiger partial charge >= 0.3 is 0 Å². The molecule has 0 aliphatic rings.